The van der Waals surface area contributed by atoms with Crippen LogP contribution < -0.4 is 9.62 Å². The molecule has 2 fully saturated rings. The van der Waals surface area contributed by atoms with Gasteiger partial charge in [-0.2, -0.15) is 0 Å². The van der Waals surface area contributed by atoms with Crippen molar-refractivity contribution < 1.29 is 18.1 Å². The van der Waals surface area contributed by atoms with E-state index in [1.54, 1.807) is 13.8 Å². The van der Waals surface area contributed by atoms with E-state index >= 15 is 0 Å². The molecule has 0 saturated carbocycles. The van der Waals surface area contributed by atoms with Crippen LogP contribution in [0.25, 0.3) is 0 Å². The van der Waals surface area contributed by atoms with E-state index in [2.05, 4.69) is 4.72 Å². The van der Waals surface area contributed by atoms with Gasteiger partial charge < -0.3 is 9.80 Å². The Hall–Kier alpha value is -2.20. The third-order valence-electron chi connectivity index (χ3n) is 5.95. The topological polar surface area (TPSA) is 113 Å². The lowest BCUT2D eigenvalue weighted by Crippen LogP contribution is -2.43. The average molecular weight is 453 g/mol. The Morgan fingerprint density at radius 3 is 2.26 bits per heavy atom. The zero-order chi connectivity index (χ0) is 22.6. The minimum absolute atomic E-state index is 0.0525. The standard InChI is InChI=1S/C21H32N4O5S/c1-16(2)22-31(29,30)18-7-8-19(20(15-18)25(27)28)23-13-9-17(10-14-23)21(26)24-11-5-3-4-6-12-24/h7-8,15-17,22H,3-6,9-14H2,1-2H3. The Labute approximate surface area is 184 Å². The number of carbonyl (C=O) groups excluding carboxylic acids is 1. The van der Waals surface area contributed by atoms with Gasteiger partial charge in [0.2, 0.25) is 15.9 Å². The number of nitrogens with zero attached hydrogens (tertiary/aromatic N) is 3. The van der Waals surface area contributed by atoms with Gasteiger partial charge in [0.15, 0.2) is 0 Å². The summed E-state index contributed by atoms with van der Waals surface area (Å²) in [7, 11) is -3.82. The summed E-state index contributed by atoms with van der Waals surface area (Å²) in [6.45, 7) is 6.09. The van der Waals surface area contributed by atoms with Crippen LogP contribution >= 0.6 is 0 Å². The molecule has 0 aliphatic carbocycles. The van der Waals surface area contributed by atoms with Crippen LogP contribution in [0.5, 0.6) is 0 Å². The summed E-state index contributed by atoms with van der Waals surface area (Å²) >= 11 is 0. The number of amides is 1. The molecular weight excluding hydrogens is 420 g/mol. The largest absolute Gasteiger partial charge is 0.366 e. The van der Waals surface area contributed by atoms with Crippen LogP contribution in [0, 0.1) is 16.0 Å². The maximum Gasteiger partial charge on any atom is 0.293 e. The van der Waals surface area contributed by atoms with E-state index in [1.807, 2.05) is 9.80 Å². The van der Waals surface area contributed by atoms with Crippen LogP contribution in [0.3, 0.4) is 0 Å². The molecule has 0 radical (unpaired) electrons. The molecule has 3 rings (SSSR count). The van der Waals surface area contributed by atoms with Crippen LogP contribution in [-0.4, -0.2) is 56.4 Å². The highest BCUT2D eigenvalue weighted by atomic mass is 32.2. The second kappa shape index (κ2) is 9.95. The zero-order valence-corrected chi connectivity index (χ0v) is 19.1. The van der Waals surface area contributed by atoms with Gasteiger partial charge in [-0.05, 0) is 51.7 Å². The monoisotopic (exact) mass is 452 g/mol. The molecule has 172 valence electrons. The van der Waals surface area contributed by atoms with Crippen LogP contribution in [0.2, 0.25) is 0 Å². The SMILES string of the molecule is CC(C)NS(=O)(=O)c1ccc(N2CCC(C(=O)N3CCCCCC3)CC2)c([N+](=O)[O-])c1. The Kier molecular flexibility index (Phi) is 7.53. The third-order valence-corrected chi connectivity index (χ3v) is 7.60. The van der Waals surface area contributed by atoms with Gasteiger partial charge in [-0.25, -0.2) is 13.1 Å². The number of anilines is 1. The maximum absolute atomic E-state index is 12.9. The highest BCUT2D eigenvalue weighted by Crippen LogP contribution is 2.34. The van der Waals surface area contributed by atoms with E-state index in [4.69, 9.17) is 0 Å². The summed E-state index contributed by atoms with van der Waals surface area (Å²) in [6, 6.07) is 3.71. The van der Waals surface area contributed by atoms with Crippen molar-refractivity contribution in [2.75, 3.05) is 31.1 Å². The van der Waals surface area contributed by atoms with Crippen LogP contribution in [0.1, 0.15) is 52.4 Å². The van der Waals surface area contributed by atoms with Crippen molar-refractivity contribution in [1.29, 1.82) is 0 Å². The first kappa shape index (κ1) is 23.5. The summed E-state index contributed by atoms with van der Waals surface area (Å²) in [5.74, 6) is 0.153. The van der Waals surface area contributed by atoms with Crippen LogP contribution in [0.4, 0.5) is 11.4 Å². The molecule has 1 N–H and O–H groups in total. The molecule has 1 aromatic rings. The number of benzene rings is 1. The molecule has 31 heavy (non-hydrogen) atoms. The molecule has 9 nitrogen and oxygen atoms in total. The molecular formula is C21H32N4O5S. The van der Waals surface area contributed by atoms with Gasteiger partial charge in [-0.15, -0.1) is 0 Å². The number of carbonyl (C=O) groups is 1. The number of nitro benzene ring substituents is 1. The van der Waals surface area contributed by atoms with Crippen molar-refractivity contribution in [2.45, 2.75) is 63.3 Å². The molecule has 1 amide bonds. The lowest BCUT2D eigenvalue weighted by Gasteiger charge is -2.35. The molecule has 0 spiro atoms. The van der Waals surface area contributed by atoms with Gasteiger partial charge in [0, 0.05) is 44.2 Å². The lowest BCUT2D eigenvalue weighted by molar-refractivity contribution is -0.384. The molecule has 10 heteroatoms. The second-order valence-electron chi connectivity index (χ2n) is 8.68. The third kappa shape index (κ3) is 5.74. The molecule has 0 atom stereocenters. The molecule has 0 unspecified atom stereocenters. The number of nitro groups is 1. The Balaban J connectivity index is 1.72. The van der Waals surface area contributed by atoms with Crippen molar-refractivity contribution in [3.05, 3.63) is 28.3 Å². The van der Waals surface area contributed by atoms with Gasteiger partial charge in [-0.1, -0.05) is 12.8 Å². The zero-order valence-electron chi connectivity index (χ0n) is 18.2. The van der Waals surface area contributed by atoms with Gasteiger partial charge in [0.1, 0.15) is 5.69 Å². The van der Waals surface area contributed by atoms with Crippen molar-refractivity contribution in [1.82, 2.24) is 9.62 Å². The number of nitrogens with one attached hydrogen (secondary N) is 1. The number of sulfonamides is 1. The van der Waals surface area contributed by atoms with Gasteiger partial charge in [0.25, 0.3) is 5.69 Å². The first-order valence-electron chi connectivity index (χ1n) is 11.0. The molecule has 2 aliphatic heterocycles. The Morgan fingerprint density at radius 2 is 1.71 bits per heavy atom. The van der Waals surface area contributed by atoms with Crippen molar-refractivity contribution in [3.63, 3.8) is 0 Å². The number of piperidine rings is 1. The normalized spacial score (nSPS) is 18.8. The Bertz CT molecular complexity index is 902. The van der Waals surface area contributed by atoms with Crippen molar-refractivity contribution in [2.24, 2.45) is 5.92 Å². The fourth-order valence-electron chi connectivity index (χ4n) is 4.38. The molecule has 0 aromatic heterocycles. The van der Waals surface area contributed by atoms with E-state index in [0.717, 1.165) is 32.0 Å². The molecule has 2 heterocycles. The van der Waals surface area contributed by atoms with E-state index in [-0.39, 0.29) is 28.4 Å². The predicted molar refractivity (Wildman–Crippen MR) is 119 cm³/mol. The van der Waals surface area contributed by atoms with Gasteiger partial charge in [-0.3, -0.25) is 14.9 Å². The van der Waals surface area contributed by atoms with Crippen LogP contribution in [0.15, 0.2) is 23.1 Å². The quantitative estimate of drug-likeness (QED) is 0.524. The molecule has 2 aliphatic rings. The highest BCUT2D eigenvalue weighted by molar-refractivity contribution is 7.89. The summed E-state index contributed by atoms with van der Waals surface area (Å²) < 4.78 is 27.3. The predicted octanol–water partition coefficient (Wildman–Crippen LogP) is 2.90. The molecule has 1 aromatic carbocycles. The van der Waals surface area contributed by atoms with E-state index in [9.17, 15) is 23.3 Å². The first-order chi connectivity index (χ1) is 14.7. The maximum atomic E-state index is 12.9. The number of rotatable bonds is 6. The minimum atomic E-state index is -3.82. The average Bonchev–Trinajstić information content (AvgIpc) is 3.01. The fraction of sp³-hybridized carbons (Fsp3) is 0.667. The van der Waals surface area contributed by atoms with E-state index < -0.39 is 14.9 Å². The summed E-state index contributed by atoms with van der Waals surface area (Å²) in [5, 5.41) is 11.7. The number of hydrogen-bond acceptors (Lipinski definition) is 6. The minimum Gasteiger partial charge on any atom is -0.366 e. The van der Waals surface area contributed by atoms with E-state index in [1.165, 1.54) is 25.0 Å². The second-order valence-corrected chi connectivity index (χ2v) is 10.4. The first-order valence-corrected chi connectivity index (χ1v) is 12.5. The van der Waals surface area contributed by atoms with Gasteiger partial charge in [0.05, 0.1) is 9.82 Å². The fourth-order valence-corrected chi connectivity index (χ4v) is 5.65. The molecule has 0 bridgehead atoms. The number of likely N-dealkylation sites (tertiary alicyclic amines) is 1. The van der Waals surface area contributed by atoms with Crippen LogP contribution in [-0.2, 0) is 14.8 Å². The molecule has 2 saturated heterocycles. The number of hydrogen-bond donors (Lipinski definition) is 1. The highest BCUT2D eigenvalue weighted by Gasteiger charge is 2.32. The summed E-state index contributed by atoms with van der Waals surface area (Å²) in [4.78, 5) is 27.8. The summed E-state index contributed by atoms with van der Waals surface area (Å²) in [6.07, 6.45) is 5.73. The smallest absolute Gasteiger partial charge is 0.293 e. The van der Waals surface area contributed by atoms with Crippen molar-refractivity contribution in [3.8, 4) is 0 Å². The van der Waals surface area contributed by atoms with Gasteiger partial charge >= 0.3 is 0 Å². The van der Waals surface area contributed by atoms with E-state index in [0.29, 0.717) is 31.6 Å². The van der Waals surface area contributed by atoms with Crippen molar-refractivity contribution >= 4 is 27.3 Å². The lowest BCUT2D eigenvalue weighted by atomic mass is 9.94. The summed E-state index contributed by atoms with van der Waals surface area (Å²) in [5.41, 5.74) is 0.165. The Morgan fingerprint density at radius 1 is 1.10 bits per heavy atom.